The Hall–Kier alpha value is -4.19. The number of nitrogens with one attached hydrogen (secondary N) is 1. The van der Waals surface area contributed by atoms with Crippen molar-refractivity contribution < 1.29 is 42.4 Å². The van der Waals surface area contributed by atoms with Gasteiger partial charge in [0.15, 0.2) is 6.29 Å². The van der Waals surface area contributed by atoms with Gasteiger partial charge in [0.1, 0.15) is 24.2 Å². The largest absolute Gasteiger partial charge is 0.508 e. The summed E-state index contributed by atoms with van der Waals surface area (Å²) in [5.41, 5.74) is 2.55. The predicted molar refractivity (Wildman–Crippen MR) is 179 cm³/mol. The molecule has 0 bridgehead atoms. The number of sulfonamides is 1. The number of carbonyl (C=O) groups excluding carboxylic acids is 1. The number of amides is 1. The molecule has 12 nitrogen and oxygen atoms in total. The molecule has 2 fully saturated rings. The maximum absolute atomic E-state index is 13.8. The molecule has 2 aliphatic heterocycles. The Balaban J connectivity index is 1.32. The van der Waals surface area contributed by atoms with Crippen LogP contribution < -0.4 is 10.1 Å². The van der Waals surface area contributed by atoms with E-state index < -0.39 is 40.7 Å². The monoisotopic (exact) mass is 693 g/mol. The number of hydrogen-bond donors (Lipinski definition) is 3. The first kappa shape index (κ1) is 36.1. The first-order valence-electron chi connectivity index (χ1n) is 16.3. The number of benzene rings is 3. The van der Waals surface area contributed by atoms with E-state index in [4.69, 9.17) is 24.2 Å². The number of carbonyl (C=O) groups is 1. The van der Waals surface area contributed by atoms with Gasteiger partial charge in [0.25, 0.3) is 0 Å². The van der Waals surface area contributed by atoms with Gasteiger partial charge in [0.05, 0.1) is 47.8 Å². The van der Waals surface area contributed by atoms with Gasteiger partial charge in [-0.1, -0.05) is 38.1 Å². The van der Waals surface area contributed by atoms with Gasteiger partial charge in [-0.25, -0.2) is 13.2 Å². The van der Waals surface area contributed by atoms with Gasteiger partial charge in [-0.05, 0) is 84.8 Å². The number of aliphatic hydroxyl groups is 1. The first-order valence-corrected chi connectivity index (χ1v) is 17.8. The Kier molecular flexibility index (Phi) is 11.8. The average molecular weight is 694 g/mol. The minimum atomic E-state index is -4.08. The summed E-state index contributed by atoms with van der Waals surface area (Å²) in [6.45, 7) is 6.15. The number of nitriles is 1. The van der Waals surface area contributed by atoms with Crippen molar-refractivity contribution in [2.45, 2.75) is 69.7 Å². The van der Waals surface area contributed by atoms with Crippen molar-refractivity contribution in [1.29, 1.82) is 5.26 Å². The fraction of sp³-hybridized carbons (Fsp3) is 0.444. The van der Waals surface area contributed by atoms with Gasteiger partial charge >= 0.3 is 6.09 Å². The molecule has 0 aliphatic carbocycles. The second-order valence-electron chi connectivity index (χ2n) is 12.9. The molecule has 2 aliphatic rings. The molecule has 2 heterocycles. The van der Waals surface area contributed by atoms with Crippen molar-refractivity contribution in [3.05, 3.63) is 89.0 Å². The van der Waals surface area contributed by atoms with E-state index in [9.17, 15) is 23.4 Å². The summed E-state index contributed by atoms with van der Waals surface area (Å²) in [6, 6.07) is 19.5. The summed E-state index contributed by atoms with van der Waals surface area (Å²) in [5.74, 6) is 0.411. The summed E-state index contributed by atoms with van der Waals surface area (Å²) < 4.78 is 51.6. The minimum Gasteiger partial charge on any atom is -0.508 e. The highest BCUT2D eigenvalue weighted by atomic mass is 32.2. The number of rotatable bonds is 14. The molecule has 1 amide bonds. The SMILES string of the molecule is Cc1cc(S(=O)(=O)N(CC(C)C)C[C@@H](O)[C@H](Cc2ccc(OCc3cccc(C#N)c3)cc2)NC(=O)O[C@H]2CO[C@H]3OCC[C@H]32)ccc1O. The summed E-state index contributed by atoms with van der Waals surface area (Å²) in [4.78, 5) is 13.2. The topological polar surface area (TPSA) is 168 Å². The van der Waals surface area contributed by atoms with Crippen LogP contribution in [0.2, 0.25) is 0 Å². The summed E-state index contributed by atoms with van der Waals surface area (Å²) in [5, 5.41) is 33.5. The molecular weight excluding hydrogens is 650 g/mol. The van der Waals surface area contributed by atoms with Gasteiger partial charge in [-0.15, -0.1) is 0 Å². The standard InChI is InChI=1S/C36H43N3O9S/c1-23(2)19-39(49(43,44)29-11-12-32(40)24(3)15-29)20-33(41)31(38-36(42)48-34-22-47-35-30(34)13-14-45-35)17-25-7-9-28(10-8-25)46-21-27-6-4-5-26(16-27)18-37/h4-12,15-16,23,30-31,33-35,40-41H,13-14,17,19-22H2,1-3H3,(H,38,42)/t30-,31-,33+,34-,35+/m0/s1. The number of aliphatic hydroxyl groups excluding tert-OH is 1. The van der Waals surface area contributed by atoms with E-state index in [1.54, 1.807) is 49.4 Å². The maximum atomic E-state index is 13.8. The van der Waals surface area contributed by atoms with Crippen LogP contribution in [0.5, 0.6) is 11.5 Å². The number of ether oxygens (including phenoxy) is 4. The lowest BCUT2D eigenvalue weighted by atomic mass is 10.0. The van der Waals surface area contributed by atoms with Crippen LogP contribution >= 0.6 is 0 Å². The van der Waals surface area contributed by atoms with Crippen LogP contribution in [0.1, 0.15) is 42.5 Å². The smallest absolute Gasteiger partial charge is 0.407 e. The Morgan fingerprint density at radius 2 is 1.86 bits per heavy atom. The highest BCUT2D eigenvalue weighted by molar-refractivity contribution is 7.89. The van der Waals surface area contributed by atoms with Crippen LogP contribution in [0.15, 0.2) is 71.6 Å². The van der Waals surface area contributed by atoms with E-state index >= 15 is 0 Å². The first-order chi connectivity index (χ1) is 23.4. The predicted octanol–water partition coefficient (Wildman–Crippen LogP) is 4.26. The van der Waals surface area contributed by atoms with E-state index in [1.807, 2.05) is 19.9 Å². The van der Waals surface area contributed by atoms with E-state index in [1.165, 1.54) is 22.5 Å². The summed E-state index contributed by atoms with van der Waals surface area (Å²) >= 11 is 0. The highest BCUT2D eigenvalue weighted by Crippen LogP contribution is 2.33. The lowest BCUT2D eigenvalue weighted by Crippen LogP contribution is -2.51. The lowest BCUT2D eigenvalue weighted by molar-refractivity contribution is -0.0907. The van der Waals surface area contributed by atoms with Crippen LogP contribution in [0.3, 0.4) is 0 Å². The molecule has 0 saturated carbocycles. The molecule has 5 rings (SSSR count). The summed E-state index contributed by atoms with van der Waals surface area (Å²) in [7, 11) is -4.08. The normalized spacial score (nSPS) is 20.1. The zero-order chi connectivity index (χ0) is 35.1. The van der Waals surface area contributed by atoms with Crippen molar-refractivity contribution >= 4 is 16.1 Å². The number of phenols is 1. The van der Waals surface area contributed by atoms with Crippen molar-refractivity contribution in [1.82, 2.24) is 9.62 Å². The van der Waals surface area contributed by atoms with Gasteiger partial charge in [-0.2, -0.15) is 9.57 Å². The molecule has 2 saturated heterocycles. The van der Waals surface area contributed by atoms with Crippen molar-refractivity contribution in [2.24, 2.45) is 11.8 Å². The van der Waals surface area contributed by atoms with E-state index in [0.29, 0.717) is 29.9 Å². The van der Waals surface area contributed by atoms with Crippen LogP contribution in [0, 0.1) is 30.1 Å². The third kappa shape index (κ3) is 9.29. The lowest BCUT2D eigenvalue weighted by Gasteiger charge is -2.31. The number of hydrogen-bond acceptors (Lipinski definition) is 10. The molecule has 0 spiro atoms. The van der Waals surface area contributed by atoms with Gasteiger partial charge in [0, 0.05) is 13.1 Å². The van der Waals surface area contributed by atoms with E-state index in [-0.39, 0.29) is 55.2 Å². The van der Waals surface area contributed by atoms with E-state index in [0.717, 1.165) is 11.1 Å². The van der Waals surface area contributed by atoms with Gasteiger partial charge in [-0.3, -0.25) is 0 Å². The van der Waals surface area contributed by atoms with E-state index in [2.05, 4.69) is 11.4 Å². The molecule has 0 radical (unpaired) electrons. The van der Waals surface area contributed by atoms with Crippen molar-refractivity contribution in [2.75, 3.05) is 26.3 Å². The number of nitrogens with zero attached hydrogens (tertiary/aromatic N) is 2. The zero-order valence-corrected chi connectivity index (χ0v) is 28.6. The molecule has 3 aromatic rings. The van der Waals surface area contributed by atoms with Crippen LogP contribution in [-0.2, 0) is 37.3 Å². The highest BCUT2D eigenvalue weighted by Gasteiger charge is 2.44. The minimum absolute atomic E-state index is 0.0101. The molecule has 0 unspecified atom stereocenters. The Bertz CT molecular complexity index is 1740. The maximum Gasteiger partial charge on any atom is 0.407 e. The van der Waals surface area contributed by atoms with Gasteiger partial charge < -0.3 is 34.5 Å². The molecule has 13 heteroatoms. The van der Waals surface area contributed by atoms with Gasteiger partial charge in [0.2, 0.25) is 10.0 Å². The molecule has 3 N–H and O–H groups in total. The average Bonchev–Trinajstić information content (AvgIpc) is 3.70. The van der Waals surface area contributed by atoms with Crippen LogP contribution in [-0.4, -0.2) is 79.9 Å². The van der Waals surface area contributed by atoms with Crippen molar-refractivity contribution in [3.8, 4) is 17.6 Å². The number of aromatic hydroxyl groups is 1. The number of fused-ring (bicyclic) bond motifs is 1. The Labute approximate surface area is 287 Å². The molecule has 5 atom stereocenters. The third-order valence-corrected chi connectivity index (χ3v) is 10.4. The Morgan fingerprint density at radius 1 is 1.08 bits per heavy atom. The quantitative estimate of drug-likeness (QED) is 0.222. The zero-order valence-electron chi connectivity index (χ0n) is 27.8. The molecular formula is C36H43N3O9S. The molecule has 262 valence electrons. The fourth-order valence-corrected chi connectivity index (χ4v) is 7.69. The van der Waals surface area contributed by atoms with Crippen LogP contribution in [0.4, 0.5) is 4.79 Å². The molecule has 49 heavy (non-hydrogen) atoms. The number of alkyl carbamates (subject to hydrolysis) is 1. The summed E-state index contributed by atoms with van der Waals surface area (Å²) in [6.07, 6.45) is -2.14. The fourth-order valence-electron chi connectivity index (χ4n) is 5.98. The molecule has 3 aromatic carbocycles. The number of aryl methyl sites for hydroxylation is 1. The second kappa shape index (κ2) is 16.0. The molecule has 0 aromatic heterocycles. The second-order valence-corrected chi connectivity index (χ2v) is 14.8. The number of phenolic OH excluding ortho intramolecular Hbond substituents is 1. The van der Waals surface area contributed by atoms with Crippen LogP contribution in [0.25, 0.3) is 0 Å². The van der Waals surface area contributed by atoms with Crippen molar-refractivity contribution in [3.63, 3.8) is 0 Å². The third-order valence-electron chi connectivity index (χ3n) is 8.62. The Morgan fingerprint density at radius 3 is 2.57 bits per heavy atom.